The van der Waals surface area contributed by atoms with Crippen LogP contribution >= 0.6 is 0 Å². The maximum Gasteiger partial charge on any atom is 0.314 e. The lowest BCUT2D eigenvalue weighted by Gasteiger charge is -2.18. The Morgan fingerprint density at radius 3 is 2.41 bits per heavy atom. The molecule has 1 aromatic rings. The Labute approximate surface area is 104 Å². The molecule has 0 saturated heterocycles. The third kappa shape index (κ3) is 3.58. The van der Waals surface area contributed by atoms with Crippen LogP contribution in [0, 0.1) is 11.8 Å². The van der Waals surface area contributed by atoms with Crippen LogP contribution in [0.2, 0.25) is 0 Å². The van der Waals surface area contributed by atoms with Gasteiger partial charge in [-0.2, -0.15) is 0 Å². The molecule has 0 spiro atoms. The predicted octanol–water partition coefficient (Wildman–Crippen LogP) is 3.84. The standard InChI is InChI=1S/C15H22O2/c1-5-12-9-7-8-10-14(12)17-15(16)13(6-2)11(3)4/h7-11,13H,5-6H2,1-4H3. The second-order valence-electron chi connectivity index (χ2n) is 4.64. The van der Waals surface area contributed by atoms with Crippen LogP contribution in [-0.4, -0.2) is 5.97 Å². The maximum atomic E-state index is 12.0. The van der Waals surface area contributed by atoms with Gasteiger partial charge >= 0.3 is 5.97 Å². The molecule has 2 nitrogen and oxygen atoms in total. The third-order valence-corrected chi connectivity index (χ3v) is 3.11. The average Bonchev–Trinajstić information content (AvgIpc) is 2.30. The van der Waals surface area contributed by atoms with E-state index >= 15 is 0 Å². The monoisotopic (exact) mass is 234 g/mol. The summed E-state index contributed by atoms with van der Waals surface area (Å²) in [7, 11) is 0. The van der Waals surface area contributed by atoms with E-state index in [4.69, 9.17) is 4.74 Å². The SMILES string of the molecule is CCc1ccccc1OC(=O)C(CC)C(C)C. The number of carbonyl (C=O) groups excluding carboxylic acids is 1. The van der Waals surface area contributed by atoms with Crippen LogP contribution in [0.1, 0.15) is 39.7 Å². The normalized spacial score (nSPS) is 12.5. The minimum atomic E-state index is -0.108. The molecule has 0 aromatic heterocycles. The quantitative estimate of drug-likeness (QED) is 0.571. The van der Waals surface area contributed by atoms with Gasteiger partial charge in [-0.1, -0.05) is 45.9 Å². The third-order valence-electron chi connectivity index (χ3n) is 3.11. The highest BCUT2D eigenvalue weighted by atomic mass is 16.5. The first-order chi connectivity index (χ1) is 8.10. The topological polar surface area (TPSA) is 26.3 Å². The highest BCUT2D eigenvalue weighted by Gasteiger charge is 2.22. The van der Waals surface area contributed by atoms with Gasteiger partial charge in [0, 0.05) is 0 Å². The molecule has 94 valence electrons. The van der Waals surface area contributed by atoms with E-state index in [1.165, 1.54) is 0 Å². The van der Waals surface area contributed by atoms with Crippen LogP contribution in [0.4, 0.5) is 0 Å². The van der Waals surface area contributed by atoms with Crippen molar-refractivity contribution in [1.82, 2.24) is 0 Å². The molecule has 0 amide bonds. The number of benzene rings is 1. The summed E-state index contributed by atoms with van der Waals surface area (Å²) in [4.78, 5) is 12.0. The van der Waals surface area contributed by atoms with Crippen LogP contribution in [0.5, 0.6) is 5.75 Å². The zero-order valence-corrected chi connectivity index (χ0v) is 11.2. The molecular formula is C15H22O2. The fourth-order valence-corrected chi connectivity index (χ4v) is 1.99. The Balaban J connectivity index is 2.80. The summed E-state index contributed by atoms with van der Waals surface area (Å²) in [5, 5.41) is 0. The Morgan fingerprint density at radius 2 is 1.88 bits per heavy atom. The molecule has 17 heavy (non-hydrogen) atoms. The molecule has 1 rings (SSSR count). The van der Waals surface area contributed by atoms with Crippen molar-refractivity contribution in [3.05, 3.63) is 29.8 Å². The van der Waals surface area contributed by atoms with Crippen molar-refractivity contribution in [2.45, 2.75) is 40.5 Å². The van der Waals surface area contributed by atoms with E-state index in [0.29, 0.717) is 11.7 Å². The molecule has 1 aromatic carbocycles. The lowest BCUT2D eigenvalue weighted by molar-refractivity contribution is -0.140. The van der Waals surface area contributed by atoms with Crippen molar-refractivity contribution in [3.63, 3.8) is 0 Å². The van der Waals surface area contributed by atoms with Gasteiger partial charge in [-0.05, 0) is 30.4 Å². The Bertz CT molecular complexity index is 369. The molecule has 1 atom stereocenters. The molecule has 0 bridgehead atoms. The molecule has 0 aliphatic rings. The Kier molecular flexibility index (Phi) is 5.20. The molecule has 0 heterocycles. The lowest BCUT2D eigenvalue weighted by atomic mass is 9.93. The van der Waals surface area contributed by atoms with Gasteiger partial charge in [0.1, 0.15) is 5.75 Å². The van der Waals surface area contributed by atoms with Gasteiger partial charge in [0.15, 0.2) is 0 Å². The molecular weight excluding hydrogens is 212 g/mol. The van der Waals surface area contributed by atoms with Gasteiger partial charge in [-0.15, -0.1) is 0 Å². The molecule has 0 aliphatic heterocycles. The van der Waals surface area contributed by atoms with Crippen LogP contribution in [0.25, 0.3) is 0 Å². The maximum absolute atomic E-state index is 12.0. The fourth-order valence-electron chi connectivity index (χ4n) is 1.99. The van der Waals surface area contributed by atoms with Crippen LogP contribution in [0.3, 0.4) is 0 Å². The minimum Gasteiger partial charge on any atom is -0.426 e. The number of rotatable bonds is 5. The van der Waals surface area contributed by atoms with Crippen molar-refractivity contribution in [1.29, 1.82) is 0 Å². The Morgan fingerprint density at radius 1 is 1.24 bits per heavy atom. The summed E-state index contributed by atoms with van der Waals surface area (Å²) < 4.78 is 5.51. The minimum absolute atomic E-state index is 0.0140. The van der Waals surface area contributed by atoms with E-state index in [9.17, 15) is 4.79 Å². The summed E-state index contributed by atoms with van der Waals surface area (Å²) in [6.45, 7) is 8.20. The van der Waals surface area contributed by atoms with Crippen LogP contribution in [-0.2, 0) is 11.2 Å². The van der Waals surface area contributed by atoms with Crippen molar-refractivity contribution < 1.29 is 9.53 Å². The molecule has 0 saturated carbocycles. The van der Waals surface area contributed by atoms with Crippen LogP contribution in [0.15, 0.2) is 24.3 Å². The van der Waals surface area contributed by atoms with E-state index in [2.05, 4.69) is 20.8 Å². The summed E-state index contributed by atoms with van der Waals surface area (Å²) in [5.41, 5.74) is 1.08. The summed E-state index contributed by atoms with van der Waals surface area (Å²) in [6.07, 6.45) is 1.70. The highest BCUT2D eigenvalue weighted by Crippen LogP contribution is 2.22. The number of aryl methyl sites for hydroxylation is 1. The van der Waals surface area contributed by atoms with E-state index in [1.807, 2.05) is 31.2 Å². The summed E-state index contributed by atoms with van der Waals surface area (Å²) >= 11 is 0. The highest BCUT2D eigenvalue weighted by molar-refractivity contribution is 5.75. The number of ether oxygens (including phenoxy) is 1. The summed E-state index contributed by atoms with van der Waals surface area (Å²) in [6, 6.07) is 7.73. The number of carbonyl (C=O) groups is 1. The smallest absolute Gasteiger partial charge is 0.314 e. The van der Waals surface area contributed by atoms with Gasteiger partial charge < -0.3 is 4.74 Å². The molecule has 0 fully saturated rings. The zero-order chi connectivity index (χ0) is 12.8. The molecule has 0 radical (unpaired) electrons. The average molecular weight is 234 g/mol. The number of para-hydroxylation sites is 1. The van der Waals surface area contributed by atoms with Gasteiger partial charge in [-0.25, -0.2) is 0 Å². The van der Waals surface area contributed by atoms with Gasteiger partial charge in [-0.3, -0.25) is 4.79 Å². The predicted molar refractivity (Wildman–Crippen MR) is 70.1 cm³/mol. The second kappa shape index (κ2) is 6.43. The fraction of sp³-hybridized carbons (Fsp3) is 0.533. The molecule has 0 aliphatic carbocycles. The van der Waals surface area contributed by atoms with Crippen molar-refractivity contribution >= 4 is 5.97 Å². The largest absolute Gasteiger partial charge is 0.426 e. The van der Waals surface area contributed by atoms with Crippen molar-refractivity contribution in [3.8, 4) is 5.75 Å². The van der Waals surface area contributed by atoms with Gasteiger partial charge in [0.05, 0.1) is 5.92 Å². The summed E-state index contributed by atoms with van der Waals surface area (Å²) in [5.74, 6) is 0.906. The van der Waals surface area contributed by atoms with Crippen molar-refractivity contribution in [2.75, 3.05) is 0 Å². The Hall–Kier alpha value is -1.31. The molecule has 0 N–H and O–H groups in total. The van der Waals surface area contributed by atoms with E-state index in [1.54, 1.807) is 0 Å². The lowest BCUT2D eigenvalue weighted by Crippen LogP contribution is -2.24. The first-order valence-electron chi connectivity index (χ1n) is 6.39. The first kappa shape index (κ1) is 13.8. The van der Waals surface area contributed by atoms with Crippen molar-refractivity contribution in [2.24, 2.45) is 11.8 Å². The zero-order valence-electron chi connectivity index (χ0n) is 11.2. The van der Waals surface area contributed by atoms with Gasteiger partial charge in [0.2, 0.25) is 0 Å². The van der Waals surface area contributed by atoms with Crippen LogP contribution < -0.4 is 4.74 Å². The number of esters is 1. The van der Waals surface area contributed by atoms with E-state index in [0.717, 1.165) is 18.4 Å². The van der Waals surface area contributed by atoms with E-state index in [-0.39, 0.29) is 11.9 Å². The van der Waals surface area contributed by atoms with Gasteiger partial charge in [0.25, 0.3) is 0 Å². The number of hydrogen-bond acceptors (Lipinski definition) is 2. The first-order valence-corrected chi connectivity index (χ1v) is 6.39. The number of hydrogen-bond donors (Lipinski definition) is 0. The molecule has 2 heteroatoms. The second-order valence-corrected chi connectivity index (χ2v) is 4.64. The molecule has 1 unspecified atom stereocenters. The van der Waals surface area contributed by atoms with E-state index < -0.39 is 0 Å².